The van der Waals surface area contributed by atoms with E-state index in [2.05, 4.69) is 15.6 Å². The minimum atomic E-state index is -0.222. The standard InChI is InChI=1S/C18H27ClN4O2.HI/c1-3-20-17(21-13-14-7-5-6-8-16(14)19)22-15-9-11-23(12-10-15)18(24)25-4-2;/h5-8,15H,3-4,9-13H2,1-2H3,(H2,20,21,22);1H. The minimum Gasteiger partial charge on any atom is -0.450 e. The number of piperidine rings is 1. The predicted octanol–water partition coefficient (Wildman–Crippen LogP) is 3.63. The first-order chi connectivity index (χ1) is 12.1. The van der Waals surface area contributed by atoms with E-state index >= 15 is 0 Å². The number of rotatable bonds is 5. The van der Waals surface area contributed by atoms with Crippen LogP contribution in [0.1, 0.15) is 32.3 Å². The van der Waals surface area contributed by atoms with Crippen LogP contribution in [-0.4, -0.2) is 49.2 Å². The quantitative estimate of drug-likeness (QED) is 0.373. The average Bonchev–Trinajstić information content (AvgIpc) is 2.62. The van der Waals surface area contributed by atoms with Crippen LogP contribution in [0.25, 0.3) is 0 Å². The summed E-state index contributed by atoms with van der Waals surface area (Å²) in [6.45, 7) is 6.98. The lowest BCUT2D eigenvalue weighted by atomic mass is 10.1. The number of hydrogen-bond donors (Lipinski definition) is 2. The van der Waals surface area contributed by atoms with E-state index in [9.17, 15) is 4.79 Å². The molecule has 1 aliphatic heterocycles. The third-order valence-electron chi connectivity index (χ3n) is 4.07. The highest BCUT2D eigenvalue weighted by Gasteiger charge is 2.24. The van der Waals surface area contributed by atoms with Gasteiger partial charge in [0.1, 0.15) is 0 Å². The number of carbonyl (C=O) groups excluding carboxylic acids is 1. The molecule has 1 heterocycles. The van der Waals surface area contributed by atoms with Crippen LogP contribution >= 0.6 is 35.6 Å². The Morgan fingerprint density at radius 2 is 2.00 bits per heavy atom. The fourth-order valence-corrected chi connectivity index (χ4v) is 2.92. The van der Waals surface area contributed by atoms with Crippen molar-refractivity contribution in [1.82, 2.24) is 15.5 Å². The Morgan fingerprint density at radius 1 is 1.31 bits per heavy atom. The molecule has 1 fully saturated rings. The van der Waals surface area contributed by atoms with Gasteiger partial charge < -0.3 is 20.3 Å². The third-order valence-corrected chi connectivity index (χ3v) is 4.44. The topological polar surface area (TPSA) is 66.0 Å². The van der Waals surface area contributed by atoms with Crippen molar-refractivity contribution in [3.63, 3.8) is 0 Å². The molecular formula is C18H28ClIN4O2. The van der Waals surface area contributed by atoms with Crippen molar-refractivity contribution in [2.45, 2.75) is 39.3 Å². The maximum Gasteiger partial charge on any atom is 0.409 e. The number of hydrogen-bond acceptors (Lipinski definition) is 3. The lowest BCUT2D eigenvalue weighted by molar-refractivity contribution is 0.0963. The van der Waals surface area contributed by atoms with Crippen molar-refractivity contribution >= 4 is 47.6 Å². The molecule has 0 unspecified atom stereocenters. The Labute approximate surface area is 177 Å². The number of guanidine groups is 1. The Bertz CT molecular complexity index is 592. The first-order valence-corrected chi connectivity index (χ1v) is 9.21. The van der Waals surface area contributed by atoms with Crippen LogP contribution in [0.15, 0.2) is 29.3 Å². The molecule has 2 N–H and O–H groups in total. The minimum absolute atomic E-state index is 0. The van der Waals surface area contributed by atoms with Crippen LogP contribution in [0.3, 0.4) is 0 Å². The van der Waals surface area contributed by atoms with E-state index in [1.807, 2.05) is 38.1 Å². The highest BCUT2D eigenvalue weighted by Crippen LogP contribution is 2.16. The predicted molar refractivity (Wildman–Crippen MR) is 116 cm³/mol. The Morgan fingerprint density at radius 3 is 2.62 bits per heavy atom. The van der Waals surface area contributed by atoms with Gasteiger partial charge in [-0.3, -0.25) is 0 Å². The number of benzene rings is 1. The molecule has 0 spiro atoms. The van der Waals surface area contributed by atoms with Gasteiger partial charge in [-0.25, -0.2) is 9.79 Å². The van der Waals surface area contributed by atoms with Crippen LogP contribution < -0.4 is 10.6 Å². The lowest BCUT2D eigenvalue weighted by Gasteiger charge is -2.32. The number of halogens is 2. The van der Waals surface area contributed by atoms with E-state index in [0.717, 1.165) is 35.9 Å². The Hall–Kier alpha value is -1.22. The second-order valence-electron chi connectivity index (χ2n) is 5.89. The molecule has 0 bridgehead atoms. The van der Waals surface area contributed by atoms with Gasteiger partial charge in [0.25, 0.3) is 0 Å². The van der Waals surface area contributed by atoms with E-state index in [-0.39, 0.29) is 36.1 Å². The van der Waals surface area contributed by atoms with E-state index in [1.165, 1.54) is 0 Å². The fraction of sp³-hybridized carbons (Fsp3) is 0.556. The molecule has 26 heavy (non-hydrogen) atoms. The summed E-state index contributed by atoms with van der Waals surface area (Å²) in [5.41, 5.74) is 0.999. The van der Waals surface area contributed by atoms with Crippen molar-refractivity contribution < 1.29 is 9.53 Å². The number of aliphatic imine (C=N–C) groups is 1. The third kappa shape index (κ3) is 7.19. The highest BCUT2D eigenvalue weighted by atomic mass is 127. The van der Waals surface area contributed by atoms with Crippen LogP contribution in [0.4, 0.5) is 4.79 Å². The van der Waals surface area contributed by atoms with Gasteiger partial charge in [0.05, 0.1) is 13.2 Å². The smallest absolute Gasteiger partial charge is 0.409 e. The number of ether oxygens (including phenoxy) is 1. The van der Waals surface area contributed by atoms with Gasteiger partial charge in [-0.2, -0.15) is 0 Å². The first-order valence-electron chi connectivity index (χ1n) is 8.84. The van der Waals surface area contributed by atoms with Gasteiger partial charge in [0.2, 0.25) is 0 Å². The van der Waals surface area contributed by atoms with Crippen molar-refractivity contribution in [1.29, 1.82) is 0 Å². The Balaban J connectivity index is 0.00000338. The summed E-state index contributed by atoms with van der Waals surface area (Å²) < 4.78 is 5.05. The summed E-state index contributed by atoms with van der Waals surface area (Å²) in [5.74, 6) is 0.775. The molecular weight excluding hydrogens is 467 g/mol. The molecule has 1 amide bonds. The zero-order valence-electron chi connectivity index (χ0n) is 15.3. The van der Waals surface area contributed by atoms with E-state index in [4.69, 9.17) is 16.3 Å². The molecule has 0 atom stereocenters. The van der Waals surface area contributed by atoms with E-state index in [1.54, 1.807) is 4.90 Å². The normalized spacial score (nSPS) is 15.2. The number of carbonyl (C=O) groups is 1. The van der Waals surface area contributed by atoms with Crippen LogP contribution in [0.2, 0.25) is 5.02 Å². The molecule has 1 aliphatic rings. The molecule has 0 aromatic heterocycles. The maximum absolute atomic E-state index is 11.8. The molecule has 1 aromatic rings. The summed E-state index contributed by atoms with van der Waals surface area (Å²) >= 11 is 6.19. The summed E-state index contributed by atoms with van der Waals surface area (Å²) in [7, 11) is 0. The molecule has 0 radical (unpaired) electrons. The zero-order valence-corrected chi connectivity index (χ0v) is 18.4. The average molecular weight is 495 g/mol. The Kier molecular flexibility index (Phi) is 10.7. The van der Waals surface area contributed by atoms with E-state index < -0.39 is 0 Å². The number of nitrogens with zero attached hydrogens (tertiary/aromatic N) is 2. The summed E-state index contributed by atoms with van der Waals surface area (Å²) in [6, 6.07) is 8.01. The molecule has 6 nitrogen and oxygen atoms in total. The van der Waals surface area contributed by atoms with Gasteiger partial charge >= 0.3 is 6.09 Å². The molecule has 0 saturated carbocycles. The van der Waals surface area contributed by atoms with Crippen molar-refractivity contribution in [2.75, 3.05) is 26.2 Å². The molecule has 8 heteroatoms. The molecule has 1 aromatic carbocycles. The summed E-state index contributed by atoms with van der Waals surface area (Å²) in [4.78, 5) is 18.1. The van der Waals surface area contributed by atoms with E-state index in [0.29, 0.717) is 26.2 Å². The second-order valence-corrected chi connectivity index (χ2v) is 6.30. The molecule has 2 rings (SSSR count). The summed E-state index contributed by atoms with van der Waals surface area (Å²) in [6.07, 6.45) is 1.52. The summed E-state index contributed by atoms with van der Waals surface area (Å²) in [5, 5.41) is 7.45. The lowest BCUT2D eigenvalue weighted by Crippen LogP contribution is -2.49. The van der Waals surface area contributed by atoms with Crippen molar-refractivity contribution in [3.8, 4) is 0 Å². The van der Waals surface area contributed by atoms with Crippen LogP contribution in [0, 0.1) is 0 Å². The van der Waals surface area contributed by atoms with Gasteiger partial charge in [0, 0.05) is 30.7 Å². The largest absolute Gasteiger partial charge is 0.450 e. The van der Waals surface area contributed by atoms with Crippen LogP contribution in [-0.2, 0) is 11.3 Å². The van der Waals surface area contributed by atoms with Gasteiger partial charge in [-0.1, -0.05) is 29.8 Å². The van der Waals surface area contributed by atoms with Crippen molar-refractivity contribution in [3.05, 3.63) is 34.9 Å². The molecule has 146 valence electrons. The zero-order chi connectivity index (χ0) is 18.1. The molecule has 1 saturated heterocycles. The van der Waals surface area contributed by atoms with Gasteiger partial charge in [0.15, 0.2) is 5.96 Å². The van der Waals surface area contributed by atoms with Crippen LogP contribution in [0.5, 0.6) is 0 Å². The van der Waals surface area contributed by atoms with Gasteiger partial charge in [-0.15, -0.1) is 24.0 Å². The maximum atomic E-state index is 11.8. The number of likely N-dealkylation sites (tertiary alicyclic amines) is 1. The second kappa shape index (κ2) is 12.2. The number of amides is 1. The van der Waals surface area contributed by atoms with Crippen molar-refractivity contribution in [2.24, 2.45) is 4.99 Å². The monoisotopic (exact) mass is 494 g/mol. The SMILES string of the molecule is CCNC(=NCc1ccccc1Cl)NC1CCN(C(=O)OCC)CC1.I. The highest BCUT2D eigenvalue weighted by molar-refractivity contribution is 14.0. The molecule has 0 aliphatic carbocycles. The fourth-order valence-electron chi connectivity index (χ4n) is 2.73. The van der Waals surface area contributed by atoms with Gasteiger partial charge in [-0.05, 0) is 38.3 Å². The first kappa shape index (κ1) is 22.8. The number of nitrogens with one attached hydrogen (secondary N) is 2.